The Morgan fingerprint density at radius 2 is 2.00 bits per heavy atom. The number of hydrogen-bond acceptors (Lipinski definition) is 5. The Labute approximate surface area is 142 Å². The molecule has 0 spiro atoms. The Bertz CT molecular complexity index is 805. The molecule has 24 heavy (non-hydrogen) atoms. The standard InChI is InChI=1S/C15H15ClN4O4/c1-8-12(13(16)20(2)19-8)15(22)18-17-14(21)11-7-23-9-5-3-4-6-10(9)24-11/h3-6,11H,7H2,1-2H3,(H,17,21)(H,18,22). The van der Waals surface area contributed by atoms with E-state index < -0.39 is 17.9 Å². The number of aryl methyl sites for hydroxylation is 2. The minimum absolute atomic E-state index is 0.0470. The largest absolute Gasteiger partial charge is 0.485 e. The summed E-state index contributed by atoms with van der Waals surface area (Å²) in [5, 5.41) is 4.23. The summed E-state index contributed by atoms with van der Waals surface area (Å²) < 4.78 is 12.4. The van der Waals surface area contributed by atoms with Gasteiger partial charge in [0.05, 0.1) is 5.69 Å². The molecule has 0 saturated heterocycles. The number of fused-ring (bicyclic) bond motifs is 1. The lowest BCUT2D eigenvalue weighted by molar-refractivity contribution is -0.131. The van der Waals surface area contributed by atoms with Crippen molar-refractivity contribution in [1.29, 1.82) is 0 Å². The van der Waals surface area contributed by atoms with E-state index in [1.165, 1.54) is 4.68 Å². The van der Waals surface area contributed by atoms with Gasteiger partial charge in [-0.1, -0.05) is 23.7 Å². The highest BCUT2D eigenvalue weighted by Gasteiger charge is 2.28. The number of carbonyl (C=O) groups is 2. The fourth-order valence-corrected chi connectivity index (χ4v) is 2.56. The lowest BCUT2D eigenvalue weighted by Crippen LogP contribution is -2.50. The van der Waals surface area contributed by atoms with Gasteiger partial charge in [-0.15, -0.1) is 0 Å². The summed E-state index contributed by atoms with van der Waals surface area (Å²) in [7, 11) is 1.62. The van der Waals surface area contributed by atoms with Crippen molar-refractivity contribution in [3.8, 4) is 11.5 Å². The number of halogens is 1. The highest BCUT2D eigenvalue weighted by molar-refractivity contribution is 6.33. The average molecular weight is 351 g/mol. The molecule has 3 rings (SSSR count). The summed E-state index contributed by atoms with van der Waals surface area (Å²) in [5.41, 5.74) is 5.27. The average Bonchev–Trinajstić information content (AvgIpc) is 2.84. The molecular formula is C15H15ClN4O4. The maximum atomic E-state index is 12.1. The highest BCUT2D eigenvalue weighted by Crippen LogP contribution is 2.30. The van der Waals surface area contributed by atoms with Crippen molar-refractivity contribution in [2.75, 3.05) is 6.61 Å². The van der Waals surface area contributed by atoms with E-state index in [1.807, 2.05) is 6.07 Å². The lowest BCUT2D eigenvalue weighted by Gasteiger charge is -2.25. The minimum atomic E-state index is -0.870. The number of aromatic nitrogens is 2. The van der Waals surface area contributed by atoms with E-state index in [-0.39, 0.29) is 17.3 Å². The van der Waals surface area contributed by atoms with Crippen LogP contribution in [-0.4, -0.2) is 34.3 Å². The van der Waals surface area contributed by atoms with Crippen LogP contribution in [0.2, 0.25) is 5.15 Å². The van der Waals surface area contributed by atoms with Crippen LogP contribution < -0.4 is 20.3 Å². The molecular weight excluding hydrogens is 336 g/mol. The zero-order chi connectivity index (χ0) is 17.3. The van der Waals surface area contributed by atoms with Gasteiger partial charge in [-0.05, 0) is 19.1 Å². The fourth-order valence-electron chi connectivity index (χ4n) is 2.30. The molecule has 0 aliphatic carbocycles. The van der Waals surface area contributed by atoms with Gasteiger partial charge >= 0.3 is 0 Å². The zero-order valence-corrected chi connectivity index (χ0v) is 13.8. The van der Waals surface area contributed by atoms with E-state index in [0.717, 1.165) is 0 Å². The first-order valence-corrected chi connectivity index (χ1v) is 7.53. The summed E-state index contributed by atoms with van der Waals surface area (Å²) in [6.45, 7) is 1.70. The number of para-hydroxylation sites is 2. The molecule has 1 aromatic carbocycles. The molecule has 2 heterocycles. The predicted octanol–water partition coefficient (Wildman–Crippen LogP) is 0.983. The van der Waals surface area contributed by atoms with Crippen LogP contribution >= 0.6 is 11.6 Å². The predicted molar refractivity (Wildman–Crippen MR) is 84.9 cm³/mol. The molecule has 1 unspecified atom stereocenters. The van der Waals surface area contributed by atoms with Gasteiger partial charge in [-0.2, -0.15) is 5.10 Å². The molecule has 1 aliphatic heterocycles. The zero-order valence-electron chi connectivity index (χ0n) is 13.0. The van der Waals surface area contributed by atoms with E-state index in [4.69, 9.17) is 21.1 Å². The fraction of sp³-hybridized carbons (Fsp3) is 0.267. The van der Waals surface area contributed by atoms with Crippen LogP contribution in [0.4, 0.5) is 0 Å². The van der Waals surface area contributed by atoms with Gasteiger partial charge in [0, 0.05) is 7.05 Å². The third kappa shape index (κ3) is 3.00. The van der Waals surface area contributed by atoms with Gasteiger partial charge in [-0.25, -0.2) is 0 Å². The molecule has 0 fully saturated rings. The molecule has 1 atom stereocenters. The van der Waals surface area contributed by atoms with Crippen molar-refractivity contribution in [1.82, 2.24) is 20.6 Å². The van der Waals surface area contributed by atoms with Crippen LogP contribution in [0.25, 0.3) is 0 Å². The third-order valence-corrected chi connectivity index (χ3v) is 3.91. The van der Waals surface area contributed by atoms with Gasteiger partial charge in [0.15, 0.2) is 11.5 Å². The molecule has 2 aromatic rings. The van der Waals surface area contributed by atoms with Crippen LogP contribution in [0.15, 0.2) is 24.3 Å². The third-order valence-electron chi connectivity index (χ3n) is 3.48. The monoisotopic (exact) mass is 350 g/mol. The first-order valence-electron chi connectivity index (χ1n) is 7.15. The van der Waals surface area contributed by atoms with Crippen molar-refractivity contribution in [2.24, 2.45) is 7.05 Å². The Morgan fingerprint density at radius 3 is 2.67 bits per heavy atom. The Balaban J connectivity index is 1.61. The second-order valence-electron chi connectivity index (χ2n) is 5.18. The van der Waals surface area contributed by atoms with Crippen molar-refractivity contribution in [2.45, 2.75) is 13.0 Å². The summed E-state index contributed by atoms with van der Waals surface area (Å²) in [5.74, 6) is -0.0451. The summed E-state index contributed by atoms with van der Waals surface area (Å²) in [6.07, 6.45) is -0.870. The van der Waals surface area contributed by atoms with Crippen molar-refractivity contribution >= 4 is 23.4 Å². The molecule has 8 nitrogen and oxygen atoms in total. The SMILES string of the molecule is Cc1nn(C)c(Cl)c1C(=O)NNC(=O)C1COc2ccccc2O1. The quantitative estimate of drug-likeness (QED) is 0.787. The summed E-state index contributed by atoms with van der Waals surface area (Å²) >= 11 is 6.01. The smallest absolute Gasteiger partial charge is 0.283 e. The number of hydrogen-bond donors (Lipinski definition) is 2. The van der Waals surface area contributed by atoms with Gasteiger partial charge < -0.3 is 9.47 Å². The van der Waals surface area contributed by atoms with Crippen molar-refractivity contribution < 1.29 is 19.1 Å². The molecule has 0 radical (unpaired) electrons. The van der Waals surface area contributed by atoms with Gasteiger partial charge in [0.2, 0.25) is 6.10 Å². The maximum absolute atomic E-state index is 12.1. The number of benzene rings is 1. The first kappa shape index (κ1) is 16.1. The summed E-state index contributed by atoms with van der Waals surface area (Å²) in [4.78, 5) is 24.3. The molecule has 126 valence electrons. The van der Waals surface area contributed by atoms with Gasteiger partial charge in [0.1, 0.15) is 17.3 Å². The normalized spacial score (nSPS) is 15.7. The molecule has 1 aliphatic rings. The number of nitrogens with zero attached hydrogens (tertiary/aromatic N) is 2. The number of amides is 2. The second kappa shape index (κ2) is 6.40. The Kier molecular flexibility index (Phi) is 4.30. The molecule has 2 amide bonds. The van der Waals surface area contributed by atoms with Crippen molar-refractivity contribution in [3.05, 3.63) is 40.7 Å². The van der Waals surface area contributed by atoms with Crippen molar-refractivity contribution in [3.63, 3.8) is 0 Å². The number of hydrazine groups is 1. The van der Waals surface area contributed by atoms with Gasteiger partial charge in [0.25, 0.3) is 11.8 Å². The minimum Gasteiger partial charge on any atom is -0.485 e. The van der Waals surface area contributed by atoms with Crippen LogP contribution in [0.1, 0.15) is 16.1 Å². The van der Waals surface area contributed by atoms with E-state index in [9.17, 15) is 9.59 Å². The Morgan fingerprint density at radius 1 is 1.29 bits per heavy atom. The topological polar surface area (TPSA) is 94.5 Å². The van der Waals surface area contributed by atoms with E-state index in [2.05, 4.69) is 16.0 Å². The summed E-state index contributed by atoms with van der Waals surface area (Å²) in [6, 6.07) is 7.03. The lowest BCUT2D eigenvalue weighted by atomic mass is 10.2. The molecule has 0 bridgehead atoms. The van der Waals surface area contributed by atoms with Crippen LogP contribution in [0.3, 0.4) is 0 Å². The number of rotatable bonds is 2. The first-order chi connectivity index (χ1) is 11.5. The number of carbonyl (C=O) groups excluding carboxylic acids is 2. The highest BCUT2D eigenvalue weighted by atomic mass is 35.5. The molecule has 0 saturated carbocycles. The van der Waals surface area contributed by atoms with Crippen LogP contribution in [0, 0.1) is 6.92 Å². The van der Waals surface area contributed by atoms with Crippen LogP contribution in [-0.2, 0) is 11.8 Å². The van der Waals surface area contributed by atoms with E-state index >= 15 is 0 Å². The number of ether oxygens (including phenoxy) is 2. The Hall–Kier alpha value is -2.74. The van der Waals surface area contributed by atoms with Gasteiger partial charge in [-0.3, -0.25) is 25.1 Å². The van der Waals surface area contributed by atoms with E-state index in [0.29, 0.717) is 17.2 Å². The molecule has 2 N–H and O–H groups in total. The van der Waals surface area contributed by atoms with E-state index in [1.54, 1.807) is 32.2 Å². The maximum Gasteiger partial charge on any atom is 0.283 e. The second-order valence-corrected chi connectivity index (χ2v) is 5.54. The number of nitrogens with one attached hydrogen (secondary N) is 2. The van der Waals surface area contributed by atoms with Crippen LogP contribution in [0.5, 0.6) is 11.5 Å². The molecule has 1 aromatic heterocycles. The molecule has 9 heteroatoms.